The van der Waals surface area contributed by atoms with Crippen LogP contribution in [-0.4, -0.2) is 84.3 Å². The predicted molar refractivity (Wildman–Crippen MR) is 178 cm³/mol. The number of aromatic nitrogens is 2. The molecule has 1 saturated heterocycles. The molecule has 3 N–H and O–H groups in total. The number of hydrogen-bond acceptors (Lipinski definition) is 10. The Balaban J connectivity index is 1.39. The molecule has 4 aromatic rings. The summed E-state index contributed by atoms with van der Waals surface area (Å²) in [5, 5.41) is 15.3. The number of aryl methyl sites for hydroxylation is 1. The van der Waals surface area contributed by atoms with Crippen molar-refractivity contribution in [1.29, 1.82) is 0 Å². The van der Waals surface area contributed by atoms with E-state index in [0.29, 0.717) is 18.7 Å². The highest BCUT2D eigenvalue weighted by Crippen LogP contribution is 2.37. The Kier molecular flexibility index (Phi) is 10.5. The monoisotopic (exact) mass is 679 g/mol. The van der Waals surface area contributed by atoms with Crippen LogP contribution >= 0.6 is 0 Å². The number of nitrogens with zero attached hydrogens (tertiary/aromatic N) is 5. The Labute approximate surface area is 281 Å². The van der Waals surface area contributed by atoms with Gasteiger partial charge < -0.3 is 30.1 Å². The van der Waals surface area contributed by atoms with Gasteiger partial charge in [-0.2, -0.15) is 18.2 Å². The third-order valence-electron chi connectivity index (χ3n) is 7.99. The second kappa shape index (κ2) is 14.8. The summed E-state index contributed by atoms with van der Waals surface area (Å²) in [6.07, 6.45) is -4.13. The van der Waals surface area contributed by atoms with Crippen LogP contribution in [0.3, 0.4) is 0 Å². The van der Waals surface area contributed by atoms with Gasteiger partial charge >= 0.3 is 12.3 Å². The summed E-state index contributed by atoms with van der Waals surface area (Å²) in [7, 11) is 4.95. The molecule has 0 radical (unpaired) electrons. The summed E-state index contributed by atoms with van der Waals surface area (Å²) < 4.78 is 53.5. The quantitative estimate of drug-likeness (QED) is 0.197. The molecule has 3 aromatic carbocycles. The molecule has 0 bridgehead atoms. The van der Waals surface area contributed by atoms with Gasteiger partial charge in [0, 0.05) is 69.4 Å². The third-order valence-corrected chi connectivity index (χ3v) is 7.99. The number of phenols is 1. The van der Waals surface area contributed by atoms with Crippen LogP contribution in [-0.2, 0) is 12.7 Å². The molecule has 12 nitrogen and oxygen atoms in total. The Hall–Kier alpha value is -5.41. The molecule has 0 unspecified atom stereocenters. The number of methoxy groups -OCH3 is 1. The molecule has 2 heterocycles. The summed E-state index contributed by atoms with van der Waals surface area (Å²) in [6.45, 7) is 4.65. The molecule has 1 aliphatic rings. The molecule has 0 atom stereocenters. The van der Waals surface area contributed by atoms with Crippen molar-refractivity contribution < 1.29 is 37.3 Å². The van der Waals surface area contributed by atoms with E-state index in [1.165, 1.54) is 61.8 Å². The maximum absolute atomic E-state index is 14.1. The van der Waals surface area contributed by atoms with Gasteiger partial charge in [-0.1, -0.05) is 12.1 Å². The molecule has 0 saturated carbocycles. The van der Waals surface area contributed by atoms with E-state index >= 15 is 0 Å². The number of nitrogens with one attached hydrogen (secondary N) is 2. The van der Waals surface area contributed by atoms with Crippen LogP contribution in [0.25, 0.3) is 0 Å². The SMILES string of the molecule is CNc1nccc(N(C(=O)Oc2cc(C(=O)Nc3ccc(CN4CCN(C)CC4)c(C(F)(F)F)c3)ccc2C)c2ccc(O)cc2OC)n1. The zero-order valence-electron chi connectivity index (χ0n) is 27.3. The van der Waals surface area contributed by atoms with Gasteiger partial charge in [0.2, 0.25) is 5.95 Å². The largest absolute Gasteiger partial charge is 0.508 e. The summed E-state index contributed by atoms with van der Waals surface area (Å²) >= 11 is 0. The van der Waals surface area contributed by atoms with Crippen molar-refractivity contribution in [1.82, 2.24) is 19.8 Å². The lowest BCUT2D eigenvalue weighted by atomic mass is 10.0. The Bertz CT molecular complexity index is 1830. The van der Waals surface area contributed by atoms with Gasteiger partial charge in [0.15, 0.2) is 0 Å². The van der Waals surface area contributed by atoms with E-state index in [2.05, 4.69) is 25.5 Å². The van der Waals surface area contributed by atoms with Gasteiger partial charge in [-0.25, -0.2) is 14.7 Å². The molecule has 1 fully saturated rings. The predicted octanol–water partition coefficient (Wildman–Crippen LogP) is 5.90. The molecule has 0 spiro atoms. The standard InChI is InChI=1S/C34H36F3N7O5/c1-21-5-6-22(31(46)40-24-8-7-23(26(18-24)34(35,36)37)20-43-15-13-42(3)14-16-43)17-28(21)49-33(47)44(30-11-12-39-32(38-2)41-30)27-10-9-25(45)19-29(27)48-4/h5-12,17-19,45H,13-16,20H2,1-4H3,(H,40,46)(H,38,39,41). The third kappa shape index (κ3) is 8.36. The molecule has 1 aromatic heterocycles. The van der Waals surface area contributed by atoms with Crippen molar-refractivity contribution in [3.63, 3.8) is 0 Å². The first-order chi connectivity index (χ1) is 23.4. The summed E-state index contributed by atoms with van der Waals surface area (Å²) in [5.74, 6) is -0.334. The second-order valence-corrected chi connectivity index (χ2v) is 11.4. The van der Waals surface area contributed by atoms with Gasteiger partial charge in [0.05, 0.1) is 18.4 Å². The minimum absolute atomic E-state index is 0.0156. The normalized spacial score (nSPS) is 13.9. The van der Waals surface area contributed by atoms with Crippen molar-refractivity contribution in [2.24, 2.45) is 0 Å². The highest BCUT2D eigenvalue weighted by atomic mass is 19.4. The number of halogens is 3. The lowest BCUT2D eigenvalue weighted by Gasteiger charge is -2.33. The number of ether oxygens (including phenoxy) is 2. The van der Waals surface area contributed by atoms with E-state index in [1.54, 1.807) is 20.0 Å². The fraction of sp³-hybridized carbons (Fsp3) is 0.294. The van der Waals surface area contributed by atoms with Crippen LogP contribution < -0.4 is 25.0 Å². The number of alkyl halides is 3. The van der Waals surface area contributed by atoms with Crippen LogP contribution in [0.5, 0.6) is 17.2 Å². The molecule has 258 valence electrons. The number of rotatable bonds is 9. The van der Waals surface area contributed by atoms with Crippen LogP contribution in [0.2, 0.25) is 0 Å². The number of benzene rings is 3. The van der Waals surface area contributed by atoms with Crippen LogP contribution in [0.1, 0.15) is 27.0 Å². The average Bonchev–Trinajstić information content (AvgIpc) is 3.07. The molecule has 1 aliphatic heterocycles. The zero-order valence-corrected chi connectivity index (χ0v) is 27.3. The second-order valence-electron chi connectivity index (χ2n) is 11.4. The number of piperazine rings is 1. The molecule has 5 rings (SSSR count). The summed E-state index contributed by atoms with van der Waals surface area (Å²) in [5.41, 5.74) is -0.00789. The van der Waals surface area contributed by atoms with Crippen molar-refractivity contribution in [3.05, 3.63) is 89.1 Å². The first kappa shape index (κ1) is 34.9. The summed E-state index contributed by atoms with van der Waals surface area (Å²) in [6, 6.07) is 13.7. The topological polar surface area (TPSA) is 132 Å². The van der Waals surface area contributed by atoms with E-state index in [4.69, 9.17) is 9.47 Å². The van der Waals surface area contributed by atoms with Gasteiger partial charge in [-0.05, 0) is 61.5 Å². The summed E-state index contributed by atoms with van der Waals surface area (Å²) in [4.78, 5) is 40.7. The highest BCUT2D eigenvalue weighted by molar-refractivity contribution is 6.05. The number of anilines is 4. The first-order valence-electron chi connectivity index (χ1n) is 15.3. The molecular weight excluding hydrogens is 643 g/mol. The number of hydrogen-bond donors (Lipinski definition) is 3. The van der Waals surface area contributed by atoms with Gasteiger partial charge in [-0.3, -0.25) is 9.69 Å². The van der Waals surface area contributed by atoms with E-state index in [1.807, 2.05) is 11.9 Å². The van der Waals surface area contributed by atoms with E-state index in [0.717, 1.165) is 24.1 Å². The number of aromatic hydroxyl groups is 1. The van der Waals surface area contributed by atoms with Crippen LogP contribution in [0.4, 0.5) is 41.1 Å². The number of amides is 2. The molecule has 15 heteroatoms. The van der Waals surface area contributed by atoms with Crippen LogP contribution in [0, 0.1) is 6.92 Å². The smallest absolute Gasteiger partial charge is 0.425 e. The van der Waals surface area contributed by atoms with Gasteiger partial charge in [0.1, 0.15) is 23.1 Å². The Morgan fingerprint density at radius 1 is 1.00 bits per heavy atom. The maximum atomic E-state index is 14.1. The average molecular weight is 680 g/mol. The van der Waals surface area contributed by atoms with Crippen molar-refractivity contribution in [2.75, 3.05) is 62.9 Å². The fourth-order valence-corrected chi connectivity index (χ4v) is 5.26. The highest BCUT2D eigenvalue weighted by Gasteiger charge is 2.34. The van der Waals surface area contributed by atoms with E-state index in [-0.39, 0.29) is 58.1 Å². The number of carbonyl (C=O) groups excluding carboxylic acids is 2. The van der Waals surface area contributed by atoms with Crippen molar-refractivity contribution in [3.8, 4) is 17.2 Å². The number of likely N-dealkylation sites (N-methyl/N-ethyl adjacent to an activating group) is 1. The molecule has 49 heavy (non-hydrogen) atoms. The maximum Gasteiger partial charge on any atom is 0.425 e. The van der Waals surface area contributed by atoms with E-state index in [9.17, 15) is 27.9 Å². The van der Waals surface area contributed by atoms with Crippen molar-refractivity contribution in [2.45, 2.75) is 19.6 Å². The Morgan fingerprint density at radius 3 is 2.45 bits per heavy atom. The lowest BCUT2D eigenvalue weighted by Crippen LogP contribution is -2.44. The van der Waals surface area contributed by atoms with Crippen molar-refractivity contribution >= 4 is 35.1 Å². The molecular formula is C34H36F3N7O5. The minimum atomic E-state index is -4.63. The fourth-order valence-electron chi connectivity index (χ4n) is 5.26. The first-order valence-corrected chi connectivity index (χ1v) is 15.3. The lowest BCUT2D eigenvalue weighted by molar-refractivity contribution is -0.138. The Morgan fingerprint density at radius 2 is 1.76 bits per heavy atom. The molecule has 0 aliphatic carbocycles. The molecule has 2 amide bonds. The van der Waals surface area contributed by atoms with Gasteiger partial charge in [-0.15, -0.1) is 0 Å². The van der Waals surface area contributed by atoms with E-state index < -0.39 is 23.7 Å². The zero-order chi connectivity index (χ0) is 35.3. The van der Waals surface area contributed by atoms with Gasteiger partial charge in [0.25, 0.3) is 5.91 Å². The van der Waals surface area contributed by atoms with Crippen LogP contribution in [0.15, 0.2) is 66.9 Å². The number of phenolic OH excluding ortho intramolecular Hbond substituents is 1. The number of carbonyl (C=O) groups is 2. The minimum Gasteiger partial charge on any atom is -0.508 e.